The van der Waals surface area contributed by atoms with Crippen molar-refractivity contribution in [2.45, 2.75) is 51.7 Å². The molecule has 2 aliphatic heterocycles. The van der Waals surface area contributed by atoms with Crippen LogP contribution in [0.4, 0.5) is 0 Å². The van der Waals surface area contributed by atoms with Gasteiger partial charge in [0.25, 0.3) is 0 Å². The first-order chi connectivity index (χ1) is 7.43. The van der Waals surface area contributed by atoms with E-state index < -0.39 is 0 Å². The van der Waals surface area contributed by atoms with Crippen LogP contribution in [0.5, 0.6) is 0 Å². The molecule has 1 spiro atoms. The Hall–Kier alpha value is 0.270. The van der Waals surface area contributed by atoms with Gasteiger partial charge in [-0.15, -0.1) is 0 Å². The molecule has 0 aromatic carbocycles. The van der Waals surface area contributed by atoms with Crippen molar-refractivity contribution in [3.05, 3.63) is 0 Å². The van der Waals surface area contributed by atoms with Crippen LogP contribution in [-0.4, -0.2) is 29.8 Å². The summed E-state index contributed by atoms with van der Waals surface area (Å²) in [4.78, 5) is 0. The van der Waals surface area contributed by atoms with Gasteiger partial charge in [0.05, 0.1) is 5.60 Å². The van der Waals surface area contributed by atoms with Gasteiger partial charge in [-0.3, -0.25) is 0 Å². The van der Waals surface area contributed by atoms with E-state index in [2.05, 4.69) is 20.8 Å². The summed E-state index contributed by atoms with van der Waals surface area (Å²) in [6.07, 6.45) is 3.55. The van der Waals surface area contributed by atoms with Crippen LogP contribution in [0.3, 0.4) is 0 Å². The van der Waals surface area contributed by atoms with Gasteiger partial charge in [-0.1, -0.05) is 20.8 Å². The van der Waals surface area contributed by atoms with Gasteiger partial charge in [0.15, 0.2) is 0 Å². The average Bonchev–Trinajstić information content (AvgIpc) is 2.64. The third kappa shape index (κ3) is 2.57. The van der Waals surface area contributed by atoms with Gasteiger partial charge in [-0.2, -0.15) is 11.8 Å². The number of rotatable bonds is 1. The molecule has 2 aliphatic rings. The quantitative estimate of drug-likeness (QED) is 0.769. The van der Waals surface area contributed by atoms with Crippen LogP contribution < -0.4 is 5.73 Å². The first-order valence-corrected chi connectivity index (χ1v) is 7.56. The molecule has 0 aliphatic carbocycles. The molecule has 0 bridgehead atoms. The van der Waals surface area contributed by atoms with Crippen LogP contribution in [0.1, 0.15) is 40.0 Å². The lowest BCUT2D eigenvalue weighted by molar-refractivity contribution is -0.0885. The number of nitrogens with two attached hydrogens (primary N) is 1. The molecule has 0 aromatic heterocycles. The molecule has 3 unspecified atom stereocenters. The summed E-state index contributed by atoms with van der Waals surface area (Å²) in [6, 6.07) is 0.305. The molecule has 2 heterocycles. The fourth-order valence-corrected chi connectivity index (χ4v) is 4.32. The van der Waals surface area contributed by atoms with Crippen molar-refractivity contribution in [1.82, 2.24) is 0 Å². The highest BCUT2D eigenvalue weighted by atomic mass is 32.2. The summed E-state index contributed by atoms with van der Waals surface area (Å²) < 4.78 is 6.04. The fourth-order valence-electron chi connectivity index (χ4n) is 2.94. The molecule has 2 N–H and O–H groups in total. The summed E-state index contributed by atoms with van der Waals surface area (Å²) in [5.41, 5.74) is 6.81. The lowest BCUT2D eigenvalue weighted by atomic mass is 9.73. The Bertz CT molecular complexity index is 243. The molecule has 94 valence electrons. The van der Waals surface area contributed by atoms with Gasteiger partial charge in [-0.05, 0) is 36.3 Å². The SMILES string of the molecule is CC(C)(C)C(N)C1CCOC2(CCSC2)C1. The summed E-state index contributed by atoms with van der Waals surface area (Å²) in [5, 5.41) is 0. The summed E-state index contributed by atoms with van der Waals surface area (Å²) >= 11 is 2.03. The predicted octanol–water partition coefficient (Wildman–Crippen LogP) is 2.66. The van der Waals surface area contributed by atoms with Gasteiger partial charge < -0.3 is 10.5 Å². The monoisotopic (exact) mass is 243 g/mol. The van der Waals surface area contributed by atoms with Crippen molar-refractivity contribution >= 4 is 11.8 Å². The van der Waals surface area contributed by atoms with E-state index in [9.17, 15) is 0 Å². The Kier molecular flexibility index (Phi) is 3.58. The number of hydrogen-bond acceptors (Lipinski definition) is 3. The largest absolute Gasteiger partial charge is 0.374 e. The minimum absolute atomic E-state index is 0.177. The molecular weight excluding hydrogens is 218 g/mol. The predicted molar refractivity (Wildman–Crippen MR) is 70.8 cm³/mol. The second kappa shape index (κ2) is 4.51. The highest BCUT2D eigenvalue weighted by Gasteiger charge is 2.43. The van der Waals surface area contributed by atoms with Crippen LogP contribution >= 0.6 is 11.8 Å². The van der Waals surface area contributed by atoms with Crippen molar-refractivity contribution in [2.24, 2.45) is 17.1 Å². The van der Waals surface area contributed by atoms with Crippen LogP contribution in [0.2, 0.25) is 0 Å². The Balaban J connectivity index is 2.01. The standard InChI is InChI=1S/C13H25NOS/c1-12(2,3)11(14)10-4-6-15-13(8-10)5-7-16-9-13/h10-11H,4-9,14H2,1-3H3. The third-order valence-corrected chi connectivity index (χ3v) is 5.33. The van der Waals surface area contributed by atoms with E-state index in [-0.39, 0.29) is 11.0 Å². The van der Waals surface area contributed by atoms with E-state index in [0.717, 1.165) is 13.0 Å². The molecule has 2 nitrogen and oxygen atoms in total. The third-order valence-electron chi connectivity index (χ3n) is 4.11. The van der Waals surface area contributed by atoms with Gasteiger partial charge in [0.1, 0.15) is 0 Å². The summed E-state index contributed by atoms with van der Waals surface area (Å²) in [6.45, 7) is 7.67. The molecule has 0 radical (unpaired) electrons. The van der Waals surface area contributed by atoms with Crippen LogP contribution in [0, 0.1) is 11.3 Å². The van der Waals surface area contributed by atoms with Crippen molar-refractivity contribution in [1.29, 1.82) is 0 Å². The fraction of sp³-hybridized carbons (Fsp3) is 1.00. The Labute approximate surface area is 104 Å². The Morgan fingerprint density at radius 2 is 2.19 bits per heavy atom. The molecule has 3 heteroatoms. The molecular formula is C13H25NOS. The van der Waals surface area contributed by atoms with Gasteiger partial charge in [0, 0.05) is 18.4 Å². The maximum absolute atomic E-state index is 6.41. The van der Waals surface area contributed by atoms with Crippen LogP contribution in [0.15, 0.2) is 0 Å². The molecule has 16 heavy (non-hydrogen) atoms. The molecule has 2 saturated heterocycles. The van der Waals surface area contributed by atoms with Gasteiger partial charge in [0.2, 0.25) is 0 Å². The first kappa shape index (κ1) is 12.7. The molecule has 0 aromatic rings. The Morgan fingerprint density at radius 3 is 2.75 bits per heavy atom. The second-order valence-corrected chi connectivity index (χ2v) is 7.58. The molecule has 2 rings (SSSR count). The van der Waals surface area contributed by atoms with E-state index in [4.69, 9.17) is 10.5 Å². The number of hydrogen-bond donors (Lipinski definition) is 1. The molecule has 0 amide bonds. The zero-order chi connectivity index (χ0) is 11.8. The lowest BCUT2D eigenvalue weighted by Gasteiger charge is -2.43. The zero-order valence-electron chi connectivity index (χ0n) is 10.8. The zero-order valence-corrected chi connectivity index (χ0v) is 11.6. The summed E-state index contributed by atoms with van der Waals surface area (Å²) in [7, 11) is 0. The average molecular weight is 243 g/mol. The topological polar surface area (TPSA) is 35.2 Å². The van der Waals surface area contributed by atoms with E-state index in [1.165, 1.54) is 24.3 Å². The highest BCUT2D eigenvalue weighted by molar-refractivity contribution is 7.99. The maximum atomic E-state index is 6.41. The van der Waals surface area contributed by atoms with Gasteiger partial charge >= 0.3 is 0 Å². The molecule has 2 fully saturated rings. The first-order valence-electron chi connectivity index (χ1n) is 6.40. The van der Waals surface area contributed by atoms with Crippen molar-refractivity contribution in [3.8, 4) is 0 Å². The molecule has 3 atom stereocenters. The van der Waals surface area contributed by atoms with Crippen molar-refractivity contribution in [2.75, 3.05) is 18.1 Å². The normalized spacial score (nSPS) is 37.9. The number of thioether (sulfide) groups is 1. The summed E-state index contributed by atoms with van der Waals surface area (Å²) in [5.74, 6) is 3.09. The Morgan fingerprint density at radius 1 is 1.44 bits per heavy atom. The minimum atomic E-state index is 0.177. The van der Waals surface area contributed by atoms with Crippen molar-refractivity contribution < 1.29 is 4.74 Å². The second-order valence-electron chi connectivity index (χ2n) is 6.48. The van der Waals surface area contributed by atoms with Gasteiger partial charge in [-0.25, -0.2) is 0 Å². The van der Waals surface area contributed by atoms with E-state index >= 15 is 0 Å². The van der Waals surface area contributed by atoms with Crippen LogP contribution in [0.25, 0.3) is 0 Å². The maximum Gasteiger partial charge on any atom is 0.0783 e. The number of ether oxygens (including phenoxy) is 1. The minimum Gasteiger partial charge on any atom is -0.374 e. The highest BCUT2D eigenvalue weighted by Crippen LogP contribution is 2.43. The van der Waals surface area contributed by atoms with E-state index in [1.807, 2.05) is 11.8 Å². The van der Waals surface area contributed by atoms with E-state index in [0.29, 0.717) is 12.0 Å². The smallest absolute Gasteiger partial charge is 0.0783 e. The van der Waals surface area contributed by atoms with Crippen LogP contribution in [-0.2, 0) is 4.74 Å². The lowest BCUT2D eigenvalue weighted by Crippen LogP contribution is -2.49. The van der Waals surface area contributed by atoms with E-state index in [1.54, 1.807) is 0 Å². The van der Waals surface area contributed by atoms with Crippen molar-refractivity contribution in [3.63, 3.8) is 0 Å². The molecule has 0 saturated carbocycles.